The molecule has 0 bridgehead atoms. The molecule has 0 aromatic carbocycles. The van der Waals surface area contributed by atoms with E-state index in [1.54, 1.807) is 11.8 Å². The molecule has 2 aromatic heterocycles. The number of carbonyl (C=O) groups excluding carboxylic acids is 1. The van der Waals surface area contributed by atoms with Crippen LogP contribution in [-0.2, 0) is 21.4 Å². The van der Waals surface area contributed by atoms with Gasteiger partial charge in [0.2, 0.25) is 15.9 Å². The first-order valence-electron chi connectivity index (χ1n) is 11.0. The number of hydrogen-bond donors (Lipinski definition) is 0. The second-order valence-electron chi connectivity index (χ2n) is 9.30. The normalized spacial score (nSPS) is 23.7. The van der Waals surface area contributed by atoms with Gasteiger partial charge in [0.25, 0.3) is 5.56 Å². The van der Waals surface area contributed by atoms with Crippen LogP contribution in [0.5, 0.6) is 0 Å². The Balaban J connectivity index is 1.70. The summed E-state index contributed by atoms with van der Waals surface area (Å²) in [6.45, 7) is 9.37. The number of nitrogens with zero attached hydrogens (tertiary/aromatic N) is 5. The Kier molecular flexibility index (Phi) is 6.45. The molecule has 2 fully saturated rings. The summed E-state index contributed by atoms with van der Waals surface area (Å²) in [6.07, 6.45) is 2.34. The summed E-state index contributed by atoms with van der Waals surface area (Å²) in [6, 6.07) is 0. The van der Waals surface area contributed by atoms with E-state index in [1.807, 2.05) is 7.05 Å². The molecule has 0 N–H and O–H groups in total. The number of piperidine rings is 1. The number of hydrogen-bond acceptors (Lipinski definition) is 7. The van der Waals surface area contributed by atoms with Crippen molar-refractivity contribution in [2.75, 3.05) is 46.3 Å². The molecule has 9 nitrogen and oxygen atoms in total. The van der Waals surface area contributed by atoms with Crippen LogP contribution < -0.4 is 5.56 Å². The second kappa shape index (κ2) is 8.85. The highest BCUT2D eigenvalue weighted by molar-refractivity contribution is 7.89. The van der Waals surface area contributed by atoms with Gasteiger partial charge in [0.1, 0.15) is 16.3 Å². The number of thiophene rings is 1. The van der Waals surface area contributed by atoms with Gasteiger partial charge in [0, 0.05) is 44.1 Å². The Morgan fingerprint density at radius 2 is 1.78 bits per heavy atom. The highest BCUT2D eigenvalue weighted by atomic mass is 32.2. The third-order valence-corrected chi connectivity index (χ3v) is 9.54. The predicted octanol–water partition coefficient (Wildman–Crippen LogP) is 1.21. The van der Waals surface area contributed by atoms with E-state index >= 15 is 0 Å². The maximum Gasteiger partial charge on any atom is 0.263 e. The monoisotopic (exact) mass is 481 g/mol. The zero-order chi connectivity index (χ0) is 23.2. The molecule has 0 saturated carbocycles. The van der Waals surface area contributed by atoms with Crippen molar-refractivity contribution < 1.29 is 13.2 Å². The lowest BCUT2D eigenvalue weighted by molar-refractivity contribution is -0.133. The van der Waals surface area contributed by atoms with E-state index in [4.69, 9.17) is 0 Å². The molecule has 11 heteroatoms. The summed E-state index contributed by atoms with van der Waals surface area (Å²) in [7, 11) is -1.84. The zero-order valence-corrected chi connectivity index (χ0v) is 20.7. The maximum absolute atomic E-state index is 13.6. The van der Waals surface area contributed by atoms with Gasteiger partial charge in [0.15, 0.2) is 0 Å². The van der Waals surface area contributed by atoms with E-state index in [1.165, 1.54) is 26.5 Å². The largest absolute Gasteiger partial charge is 0.339 e. The Labute approximate surface area is 192 Å². The van der Waals surface area contributed by atoms with Crippen LogP contribution in [0.2, 0.25) is 0 Å². The minimum absolute atomic E-state index is 0.0534. The maximum atomic E-state index is 13.6. The van der Waals surface area contributed by atoms with Crippen LogP contribution in [0.1, 0.15) is 25.1 Å². The fourth-order valence-electron chi connectivity index (χ4n) is 4.77. The molecule has 4 heterocycles. The van der Waals surface area contributed by atoms with Crippen LogP contribution in [0.4, 0.5) is 0 Å². The molecule has 176 valence electrons. The number of aryl methyl sites for hydroxylation is 1. The average Bonchev–Trinajstić information content (AvgIpc) is 3.07. The summed E-state index contributed by atoms with van der Waals surface area (Å²) in [5.41, 5.74) is -0.474. The van der Waals surface area contributed by atoms with Gasteiger partial charge in [-0.1, -0.05) is 13.8 Å². The number of fused-ring (bicyclic) bond motifs is 1. The van der Waals surface area contributed by atoms with Crippen LogP contribution in [0.3, 0.4) is 0 Å². The lowest BCUT2D eigenvalue weighted by Crippen LogP contribution is -2.48. The third-order valence-electron chi connectivity index (χ3n) is 6.39. The lowest BCUT2D eigenvalue weighted by Gasteiger charge is -2.34. The van der Waals surface area contributed by atoms with Gasteiger partial charge in [-0.3, -0.25) is 14.2 Å². The van der Waals surface area contributed by atoms with Gasteiger partial charge in [-0.2, -0.15) is 4.31 Å². The molecule has 2 aromatic rings. The van der Waals surface area contributed by atoms with Crippen molar-refractivity contribution in [1.29, 1.82) is 0 Å². The van der Waals surface area contributed by atoms with E-state index in [0.29, 0.717) is 35.9 Å². The zero-order valence-electron chi connectivity index (χ0n) is 19.1. The van der Waals surface area contributed by atoms with Gasteiger partial charge >= 0.3 is 0 Å². The number of piperazine rings is 1. The van der Waals surface area contributed by atoms with Crippen molar-refractivity contribution >= 4 is 37.5 Å². The Bertz CT molecular complexity index is 1170. The first kappa shape index (κ1) is 23.3. The van der Waals surface area contributed by atoms with Crippen LogP contribution >= 0.6 is 11.3 Å². The van der Waals surface area contributed by atoms with E-state index in [9.17, 15) is 18.0 Å². The topological polar surface area (TPSA) is 95.8 Å². The van der Waals surface area contributed by atoms with E-state index in [-0.39, 0.29) is 34.6 Å². The standard InChI is InChI=1S/C21H31N5O4S2/c1-14-9-15(2)11-26(10-14)32(29,30)19-16(3)31-20-18(19)21(28)25(13-22-20)12-17(27)24-7-5-23(4)6-8-24/h13-15H,5-12H2,1-4H3. The van der Waals surface area contributed by atoms with Crippen molar-refractivity contribution in [2.45, 2.75) is 38.6 Å². The van der Waals surface area contributed by atoms with Crippen LogP contribution in [0.15, 0.2) is 16.0 Å². The number of rotatable bonds is 4. The third kappa shape index (κ3) is 4.35. The van der Waals surface area contributed by atoms with Crippen LogP contribution in [-0.4, -0.2) is 84.3 Å². The first-order valence-corrected chi connectivity index (χ1v) is 13.3. The molecule has 2 aliphatic rings. The molecule has 2 unspecified atom stereocenters. The minimum atomic E-state index is -3.85. The summed E-state index contributed by atoms with van der Waals surface area (Å²) < 4.78 is 30.0. The highest BCUT2D eigenvalue weighted by Gasteiger charge is 2.36. The fraction of sp³-hybridized carbons (Fsp3) is 0.667. The summed E-state index contributed by atoms with van der Waals surface area (Å²) in [4.78, 5) is 35.4. The van der Waals surface area contributed by atoms with Crippen molar-refractivity contribution in [3.05, 3.63) is 21.6 Å². The SMILES string of the molecule is Cc1sc2ncn(CC(=O)N3CCN(C)CC3)c(=O)c2c1S(=O)(=O)N1CC(C)CC(C)C1. The smallest absolute Gasteiger partial charge is 0.263 e. The van der Waals surface area contributed by atoms with Gasteiger partial charge in [-0.25, -0.2) is 13.4 Å². The number of aromatic nitrogens is 2. The molecule has 0 aliphatic carbocycles. The highest BCUT2D eigenvalue weighted by Crippen LogP contribution is 2.35. The molecule has 2 atom stereocenters. The summed E-state index contributed by atoms with van der Waals surface area (Å²) in [5, 5.41) is 0.104. The molecule has 0 radical (unpaired) electrons. The molecule has 2 saturated heterocycles. The van der Waals surface area contributed by atoms with Crippen molar-refractivity contribution in [1.82, 2.24) is 23.7 Å². The molecule has 4 rings (SSSR count). The Hall–Kier alpha value is -1.82. The molecule has 1 amide bonds. The fourth-order valence-corrected chi connectivity index (χ4v) is 8.12. The second-order valence-corrected chi connectivity index (χ2v) is 12.4. The molecule has 2 aliphatic heterocycles. The average molecular weight is 482 g/mol. The number of likely N-dealkylation sites (N-methyl/N-ethyl adjacent to an activating group) is 1. The molecule has 32 heavy (non-hydrogen) atoms. The van der Waals surface area contributed by atoms with Gasteiger partial charge in [-0.05, 0) is 32.2 Å². The number of amides is 1. The predicted molar refractivity (Wildman–Crippen MR) is 124 cm³/mol. The first-order chi connectivity index (χ1) is 15.1. The van der Waals surface area contributed by atoms with E-state index in [0.717, 1.165) is 19.5 Å². The summed E-state index contributed by atoms with van der Waals surface area (Å²) in [5.74, 6) is 0.362. The lowest BCUT2D eigenvalue weighted by atomic mass is 9.94. The Morgan fingerprint density at radius 1 is 1.16 bits per heavy atom. The van der Waals surface area contributed by atoms with Crippen molar-refractivity contribution in [2.24, 2.45) is 11.8 Å². The minimum Gasteiger partial charge on any atom is -0.339 e. The Morgan fingerprint density at radius 3 is 2.41 bits per heavy atom. The molecule has 0 spiro atoms. The van der Waals surface area contributed by atoms with E-state index in [2.05, 4.69) is 23.7 Å². The van der Waals surface area contributed by atoms with Gasteiger partial charge in [0.05, 0.1) is 11.7 Å². The van der Waals surface area contributed by atoms with E-state index < -0.39 is 15.6 Å². The number of sulfonamides is 1. The molecular weight excluding hydrogens is 450 g/mol. The quantitative estimate of drug-likeness (QED) is 0.651. The molecular formula is C21H31N5O4S2. The summed E-state index contributed by atoms with van der Waals surface area (Å²) >= 11 is 1.21. The van der Waals surface area contributed by atoms with Gasteiger partial charge < -0.3 is 9.80 Å². The van der Waals surface area contributed by atoms with Crippen LogP contribution in [0, 0.1) is 18.8 Å². The van der Waals surface area contributed by atoms with Crippen molar-refractivity contribution in [3.8, 4) is 0 Å². The number of carbonyl (C=O) groups is 1. The van der Waals surface area contributed by atoms with Crippen LogP contribution in [0.25, 0.3) is 10.2 Å². The van der Waals surface area contributed by atoms with Gasteiger partial charge in [-0.15, -0.1) is 11.3 Å². The van der Waals surface area contributed by atoms with Crippen molar-refractivity contribution in [3.63, 3.8) is 0 Å².